The largest absolute Gasteiger partial charge is 0.497 e. The number of hydrogen-bond acceptors (Lipinski definition) is 2. The van der Waals surface area contributed by atoms with E-state index in [0.29, 0.717) is 11.4 Å². The van der Waals surface area contributed by atoms with E-state index in [1.54, 1.807) is 6.07 Å². The minimum absolute atomic E-state index is 0.334. The maximum atomic E-state index is 13.6. The third-order valence-corrected chi connectivity index (χ3v) is 2.28. The highest BCUT2D eigenvalue weighted by Gasteiger charge is 2.07. The molecule has 0 fully saturated rings. The number of aliphatic imine (C=N–C) groups is 1. The Balaban J connectivity index is 3.20. The fourth-order valence-corrected chi connectivity index (χ4v) is 1.23. The SMILES string of the molecule is CCC(C)=Nc1c(C)cc(OC)cc1F. The van der Waals surface area contributed by atoms with Crippen LogP contribution >= 0.6 is 0 Å². The van der Waals surface area contributed by atoms with Crippen LogP contribution in [-0.4, -0.2) is 12.8 Å². The van der Waals surface area contributed by atoms with Crippen LogP contribution < -0.4 is 4.74 Å². The normalized spacial score (nSPS) is 11.7. The number of rotatable bonds is 3. The van der Waals surface area contributed by atoms with Gasteiger partial charge in [0.05, 0.1) is 7.11 Å². The molecule has 0 aliphatic rings. The Kier molecular flexibility index (Phi) is 3.83. The number of hydrogen-bond donors (Lipinski definition) is 0. The van der Waals surface area contributed by atoms with Gasteiger partial charge in [-0.2, -0.15) is 0 Å². The molecule has 0 spiro atoms. The van der Waals surface area contributed by atoms with Gasteiger partial charge in [0.1, 0.15) is 11.4 Å². The van der Waals surface area contributed by atoms with Gasteiger partial charge >= 0.3 is 0 Å². The van der Waals surface area contributed by atoms with Crippen LogP contribution in [0.25, 0.3) is 0 Å². The molecule has 0 unspecified atom stereocenters. The van der Waals surface area contributed by atoms with Crippen LogP contribution in [0.2, 0.25) is 0 Å². The lowest BCUT2D eigenvalue weighted by molar-refractivity contribution is 0.411. The average Bonchev–Trinajstić information content (AvgIpc) is 2.22. The van der Waals surface area contributed by atoms with Crippen molar-refractivity contribution in [2.24, 2.45) is 4.99 Å². The standard InChI is InChI=1S/C12H16FNO/c1-5-9(3)14-12-8(2)6-10(15-4)7-11(12)13/h6-7H,5H2,1-4H3. The maximum Gasteiger partial charge on any atom is 0.152 e. The van der Waals surface area contributed by atoms with E-state index in [4.69, 9.17) is 4.74 Å². The lowest BCUT2D eigenvalue weighted by atomic mass is 10.2. The summed E-state index contributed by atoms with van der Waals surface area (Å²) in [5.74, 6) is 0.192. The van der Waals surface area contributed by atoms with Gasteiger partial charge in [-0.3, -0.25) is 4.99 Å². The van der Waals surface area contributed by atoms with Gasteiger partial charge in [0.15, 0.2) is 5.82 Å². The molecule has 0 saturated heterocycles. The predicted octanol–water partition coefficient (Wildman–Crippen LogP) is 3.65. The molecular weight excluding hydrogens is 193 g/mol. The second-order valence-electron chi connectivity index (χ2n) is 3.48. The molecule has 2 nitrogen and oxygen atoms in total. The molecule has 0 aliphatic carbocycles. The van der Waals surface area contributed by atoms with E-state index in [1.165, 1.54) is 13.2 Å². The van der Waals surface area contributed by atoms with Crippen LogP contribution in [0.15, 0.2) is 17.1 Å². The topological polar surface area (TPSA) is 21.6 Å². The molecule has 1 rings (SSSR count). The molecule has 82 valence electrons. The van der Waals surface area contributed by atoms with E-state index in [-0.39, 0.29) is 5.82 Å². The van der Waals surface area contributed by atoms with Gasteiger partial charge in [-0.15, -0.1) is 0 Å². The van der Waals surface area contributed by atoms with Crippen molar-refractivity contribution in [3.8, 4) is 5.75 Å². The first-order valence-electron chi connectivity index (χ1n) is 4.96. The van der Waals surface area contributed by atoms with Gasteiger partial charge in [0.25, 0.3) is 0 Å². The molecule has 1 aromatic rings. The lowest BCUT2D eigenvalue weighted by Crippen LogP contribution is -1.91. The average molecular weight is 209 g/mol. The fourth-order valence-electron chi connectivity index (χ4n) is 1.23. The zero-order valence-corrected chi connectivity index (χ0v) is 9.60. The molecule has 0 radical (unpaired) electrons. The first-order chi connectivity index (χ1) is 7.08. The molecule has 0 atom stereocenters. The second-order valence-corrected chi connectivity index (χ2v) is 3.48. The van der Waals surface area contributed by atoms with Gasteiger partial charge in [-0.1, -0.05) is 6.92 Å². The molecule has 0 bridgehead atoms. The molecule has 0 aromatic heterocycles. The van der Waals surface area contributed by atoms with Crippen LogP contribution in [0.3, 0.4) is 0 Å². The van der Waals surface area contributed by atoms with E-state index in [2.05, 4.69) is 4.99 Å². The van der Waals surface area contributed by atoms with Gasteiger partial charge in [0.2, 0.25) is 0 Å². The van der Waals surface area contributed by atoms with Crippen LogP contribution in [-0.2, 0) is 0 Å². The van der Waals surface area contributed by atoms with Crippen LogP contribution in [0, 0.1) is 12.7 Å². The Hall–Kier alpha value is -1.38. The van der Waals surface area contributed by atoms with E-state index in [9.17, 15) is 4.39 Å². The summed E-state index contributed by atoms with van der Waals surface area (Å²) in [4.78, 5) is 4.24. The van der Waals surface area contributed by atoms with Crippen molar-refractivity contribution in [3.63, 3.8) is 0 Å². The van der Waals surface area contributed by atoms with Crippen LogP contribution in [0.4, 0.5) is 10.1 Å². The van der Waals surface area contributed by atoms with E-state index < -0.39 is 0 Å². The van der Waals surface area contributed by atoms with Crippen molar-refractivity contribution >= 4 is 11.4 Å². The molecule has 0 amide bonds. The quantitative estimate of drug-likeness (QED) is 0.696. The number of aryl methyl sites for hydroxylation is 1. The smallest absolute Gasteiger partial charge is 0.152 e. The van der Waals surface area contributed by atoms with Gasteiger partial charge in [-0.05, 0) is 31.9 Å². The van der Waals surface area contributed by atoms with Crippen LogP contribution in [0.5, 0.6) is 5.75 Å². The number of halogens is 1. The maximum absolute atomic E-state index is 13.6. The number of ether oxygens (including phenoxy) is 1. The molecule has 0 N–H and O–H groups in total. The number of benzene rings is 1. The van der Waals surface area contributed by atoms with Gasteiger partial charge in [-0.25, -0.2) is 4.39 Å². The second kappa shape index (κ2) is 4.91. The molecule has 1 aromatic carbocycles. The summed E-state index contributed by atoms with van der Waals surface area (Å²) in [5.41, 5.74) is 2.12. The Bertz CT molecular complexity index is 362. The van der Waals surface area contributed by atoms with Crippen molar-refractivity contribution < 1.29 is 9.13 Å². The Morgan fingerprint density at radius 2 is 2.13 bits per heavy atom. The van der Waals surface area contributed by atoms with E-state index >= 15 is 0 Å². The summed E-state index contributed by atoms with van der Waals surface area (Å²) < 4.78 is 18.6. The Morgan fingerprint density at radius 1 is 1.47 bits per heavy atom. The first kappa shape index (κ1) is 11.7. The van der Waals surface area contributed by atoms with Crippen molar-refractivity contribution in [2.75, 3.05) is 7.11 Å². The highest BCUT2D eigenvalue weighted by atomic mass is 19.1. The number of methoxy groups -OCH3 is 1. The molecular formula is C12H16FNO. The molecule has 0 aliphatic heterocycles. The summed E-state index contributed by atoms with van der Waals surface area (Å²) in [6, 6.07) is 3.14. The predicted molar refractivity (Wildman–Crippen MR) is 60.7 cm³/mol. The van der Waals surface area contributed by atoms with Crippen molar-refractivity contribution in [2.45, 2.75) is 27.2 Å². The lowest BCUT2D eigenvalue weighted by Gasteiger charge is -2.06. The molecule has 0 saturated carbocycles. The highest BCUT2D eigenvalue weighted by Crippen LogP contribution is 2.28. The third-order valence-electron chi connectivity index (χ3n) is 2.28. The Labute approximate surface area is 89.8 Å². The zero-order chi connectivity index (χ0) is 11.4. The Morgan fingerprint density at radius 3 is 2.60 bits per heavy atom. The summed E-state index contributed by atoms with van der Waals surface area (Å²) in [7, 11) is 1.52. The monoisotopic (exact) mass is 209 g/mol. The summed E-state index contributed by atoms with van der Waals surface area (Å²) >= 11 is 0. The molecule has 15 heavy (non-hydrogen) atoms. The van der Waals surface area contributed by atoms with E-state index in [0.717, 1.165) is 17.7 Å². The molecule has 3 heteroatoms. The summed E-state index contributed by atoms with van der Waals surface area (Å²) in [6.45, 7) is 5.71. The minimum atomic E-state index is -0.334. The van der Waals surface area contributed by atoms with Gasteiger partial charge in [0, 0.05) is 11.8 Å². The van der Waals surface area contributed by atoms with Crippen molar-refractivity contribution in [1.29, 1.82) is 0 Å². The van der Waals surface area contributed by atoms with Gasteiger partial charge < -0.3 is 4.74 Å². The molecule has 0 heterocycles. The van der Waals surface area contributed by atoms with Crippen LogP contribution in [0.1, 0.15) is 25.8 Å². The highest BCUT2D eigenvalue weighted by molar-refractivity contribution is 5.84. The minimum Gasteiger partial charge on any atom is -0.497 e. The van der Waals surface area contributed by atoms with E-state index in [1.807, 2.05) is 20.8 Å². The number of nitrogens with zero attached hydrogens (tertiary/aromatic N) is 1. The first-order valence-corrected chi connectivity index (χ1v) is 4.96. The van der Waals surface area contributed by atoms with Crippen molar-refractivity contribution in [3.05, 3.63) is 23.5 Å². The summed E-state index contributed by atoms with van der Waals surface area (Å²) in [5, 5.41) is 0. The zero-order valence-electron chi connectivity index (χ0n) is 9.60. The van der Waals surface area contributed by atoms with Crippen molar-refractivity contribution in [1.82, 2.24) is 0 Å². The third kappa shape index (κ3) is 2.78. The fraction of sp³-hybridized carbons (Fsp3) is 0.417. The summed E-state index contributed by atoms with van der Waals surface area (Å²) in [6.07, 6.45) is 0.824.